The number of benzene rings is 1. The molecule has 0 bridgehead atoms. The Morgan fingerprint density at radius 1 is 1.32 bits per heavy atom. The molecular weight excluding hydrogens is 407 g/mol. The first kappa shape index (κ1) is 19.6. The van der Waals surface area contributed by atoms with Crippen LogP contribution in [-0.4, -0.2) is 29.8 Å². The van der Waals surface area contributed by atoms with Gasteiger partial charge in [0.2, 0.25) is 5.91 Å². The van der Waals surface area contributed by atoms with Crippen LogP contribution in [0.4, 0.5) is 4.39 Å². The monoisotopic (exact) mass is 426 g/mol. The first-order chi connectivity index (χ1) is 12.0. The van der Waals surface area contributed by atoms with Gasteiger partial charge in [0.05, 0.1) is 0 Å². The van der Waals surface area contributed by atoms with Crippen molar-refractivity contribution in [1.29, 1.82) is 0 Å². The quantitative estimate of drug-likeness (QED) is 0.642. The lowest BCUT2D eigenvalue weighted by Gasteiger charge is -2.21. The summed E-state index contributed by atoms with van der Waals surface area (Å²) < 4.78 is 14.6. The Labute approximate surface area is 159 Å². The van der Waals surface area contributed by atoms with Gasteiger partial charge in [-0.3, -0.25) is 9.59 Å². The van der Waals surface area contributed by atoms with Crippen LogP contribution in [0.1, 0.15) is 35.7 Å². The molecule has 4 nitrogen and oxygen atoms in total. The summed E-state index contributed by atoms with van der Waals surface area (Å²) in [7, 11) is 0. The second-order valence-corrected chi connectivity index (χ2v) is 7.21. The van der Waals surface area contributed by atoms with Crippen molar-refractivity contribution >= 4 is 39.1 Å². The van der Waals surface area contributed by atoms with E-state index in [-0.39, 0.29) is 24.2 Å². The minimum absolute atomic E-state index is 0.0494. The van der Waals surface area contributed by atoms with Crippen molar-refractivity contribution in [2.45, 2.75) is 26.3 Å². The molecule has 1 N–H and O–H groups in total. The summed E-state index contributed by atoms with van der Waals surface area (Å²) >= 11 is 4.78. The van der Waals surface area contributed by atoms with E-state index in [0.717, 1.165) is 4.47 Å². The summed E-state index contributed by atoms with van der Waals surface area (Å²) in [5.41, 5.74) is 1.12. The van der Waals surface area contributed by atoms with E-state index >= 15 is 0 Å². The maximum absolute atomic E-state index is 13.9. The van der Waals surface area contributed by atoms with Gasteiger partial charge in [-0.05, 0) is 43.0 Å². The molecule has 0 aliphatic carbocycles. The second-order valence-electron chi connectivity index (χ2n) is 5.52. The molecule has 7 heteroatoms. The molecule has 2 amide bonds. The summed E-state index contributed by atoms with van der Waals surface area (Å²) in [6.45, 7) is 3.04. The average molecular weight is 427 g/mol. The molecule has 0 atom stereocenters. The fraction of sp³-hybridized carbons (Fsp3) is 0.333. The number of nitrogens with zero attached hydrogens (tertiary/aromatic N) is 1. The zero-order valence-corrected chi connectivity index (χ0v) is 16.3. The number of amides is 2. The average Bonchev–Trinajstić information content (AvgIpc) is 3.13. The number of nitrogens with one attached hydrogen (secondary N) is 1. The molecule has 2 rings (SSSR count). The van der Waals surface area contributed by atoms with Gasteiger partial charge < -0.3 is 10.2 Å². The summed E-state index contributed by atoms with van der Waals surface area (Å²) in [4.78, 5) is 25.8. The molecule has 0 radical (unpaired) electrons. The van der Waals surface area contributed by atoms with Crippen molar-refractivity contribution in [2.24, 2.45) is 0 Å². The van der Waals surface area contributed by atoms with Crippen molar-refractivity contribution in [3.63, 3.8) is 0 Å². The van der Waals surface area contributed by atoms with Crippen LogP contribution in [0.25, 0.3) is 0 Å². The topological polar surface area (TPSA) is 49.4 Å². The van der Waals surface area contributed by atoms with Gasteiger partial charge in [0.1, 0.15) is 5.82 Å². The van der Waals surface area contributed by atoms with Crippen LogP contribution < -0.4 is 5.32 Å². The van der Waals surface area contributed by atoms with Gasteiger partial charge in [0.15, 0.2) is 0 Å². The van der Waals surface area contributed by atoms with E-state index in [1.807, 2.05) is 12.3 Å². The lowest BCUT2D eigenvalue weighted by Crippen LogP contribution is -2.31. The van der Waals surface area contributed by atoms with Gasteiger partial charge in [0.25, 0.3) is 5.91 Å². The van der Waals surface area contributed by atoms with E-state index < -0.39 is 0 Å². The zero-order valence-electron chi connectivity index (χ0n) is 13.9. The van der Waals surface area contributed by atoms with Gasteiger partial charge in [-0.25, -0.2) is 4.39 Å². The van der Waals surface area contributed by atoms with Crippen LogP contribution in [0, 0.1) is 5.82 Å². The number of hydrogen-bond acceptors (Lipinski definition) is 3. The van der Waals surface area contributed by atoms with Gasteiger partial charge in [-0.2, -0.15) is 11.3 Å². The molecule has 0 unspecified atom stereocenters. The minimum Gasteiger partial charge on any atom is -0.352 e. The molecule has 0 saturated heterocycles. The lowest BCUT2D eigenvalue weighted by molar-refractivity contribution is -0.131. The minimum atomic E-state index is -0.322. The van der Waals surface area contributed by atoms with Gasteiger partial charge in [-0.1, -0.05) is 15.9 Å². The maximum atomic E-state index is 13.9. The molecule has 0 saturated carbocycles. The van der Waals surface area contributed by atoms with Crippen LogP contribution in [0.15, 0.2) is 39.5 Å². The highest BCUT2D eigenvalue weighted by Crippen LogP contribution is 2.17. The van der Waals surface area contributed by atoms with Crippen molar-refractivity contribution in [3.05, 3.63) is 56.4 Å². The predicted octanol–water partition coefficient (Wildman–Crippen LogP) is 4.21. The Morgan fingerprint density at radius 2 is 2.12 bits per heavy atom. The van der Waals surface area contributed by atoms with Crippen LogP contribution in [0.5, 0.6) is 0 Å². The number of hydrogen-bond donors (Lipinski definition) is 1. The largest absolute Gasteiger partial charge is 0.352 e. The number of carbonyl (C=O) groups excluding carboxylic acids is 2. The maximum Gasteiger partial charge on any atom is 0.252 e. The molecule has 1 aromatic heterocycles. The van der Waals surface area contributed by atoms with Crippen molar-refractivity contribution in [2.75, 3.05) is 13.1 Å². The number of carbonyl (C=O) groups is 2. The Morgan fingerprint density at radius 3 is 2.80 bits per heavy atom. The zero-order chi connectivity index (χ0) is 18.2. The normalized spacial score (nSPS) is 10.5. The van der Waals surface area contributed by atoms with Crippen LogP contribution >= 0.6 is 27.3 Å². The fourth-order valence-corrected chi connectivity index (χ4v) is 3.39. The lowest BCUT2D eigenvalue weighted by atomic mass is 10.2. The van der Waals surface area contributed by atoms with Gasteiger partial charge in [-0.15, -0.1) is 0 Å². The van der Waals surface area contributed by atoms with Gasteiger partial charge >= 0.3 is 0 Å². The SMILES string of the molecule is CCN(Cc1cc(Br)ccc1F)C(=O)CCCNC(=O)c1ccsc1. The highest BCUT2D eigenvalue weighted by Gasteiger charge is 2.14. The third-order valence-electron chi connectivity index (χ3n) is 3.74. The van der Waals surface area contributed by atoms with Gasteiger partial charge in [0, 0.05) is 47.0 Å². The van der Waals surface area contributed by atoms with Crippen LogP contribution in [0.3, 0.4) is 0 Å². The Balaban J connectivity index is 1.79. The molecule has 0 aliphatic heterocycles. The summed E-state index contributed by atoms with van der Waals surface area (Å²) in [5, 5.41) is 6.42. The standard InChI is InChI=1S/C18H20BrFN2O2S/c1-2-22(11-14-10-15(19)5-6-16(14)20)17(23)4-3-8-21-18(24)13-7-9-25-12-13/h5-7,9-10,12H,2-4,8,11H2,1H3,(H,21,24). The van der Waals surface area contributed by atoms with Crippen molar-refractivity contribution < 1.29 is 14.0 Å². The molecule has 0 spiro atoms. The molecule has 2 aromatic rings. The number of thiophene rings is 1. The molecular formula is C18H20BrFN2O2S. The number of rotatable bonds is 8. The fourth-order valence-electron chi connectivity index (χ4n) is 2.34. The molecule has 0 fully saturated rings. The Hall–Kier alpha value is -1.73. The summed E-state index contributed by atoms with van der Waals surface area (Å²) in [6.07, 6.45) is 0.861. The van der Waals surface area contributed by atoms with Crippen LogP contribution in [0.2, 0.25) is 0 Å². The van der Waals surface area contributed by atoms with Crippen molar-refractivity contribution in [3.8, 4) is 0 Å². The third kappa shape index (κ3) is 5.93. The van der Waals surface area contributed by atoms with E-state index in [4.69, 9.17) is 0 Å². The van der Waals surface area contributed by atoms with E-state index in [1.165, 1.54) is 17.4 Å². The molecule has 1 heterocycles. The molecule has 25 heavy (non-hydrogen) atoms. The first-order valence-electron chi connectivity index (χ1n) is 8.03. The Bertz CT molecular complexity index is 722. The van der Waals surface area contributed by atoms with E-state index in [0.29, 0.717) is 37.1 Å². The second kappa shape index (κ2) is 9.68. The molecule has 134 valence electrons. The summed E-state index contributed by atoms with van der Waals surface area (Å²) in [5.74, 6) is -0.499. The first-order valence-corrected chi connectivity index (χ1v) is 9.77. The summed E-state index contributed by atoms with van der Waals surface area (Å²) in [6, 6.07) is 6.47. The van der Waals surface area contributed by atoms with E-state index in [2.05, 4.69) is 21.2 Å². The van der Waals surface area contributed by atoms with Crippen molar-refractivity contribution in [1.82, 2.24) is 10.2 Å². The highest BCUT2D eigenvalue weighted by molar-refractivity contribution is 9.10. The molecule has 1 aromatic carbocycles. The predicted molar refractivity (Wildman–Crippen MR) is 101 cm³/mol. The third-order valence-corrected chi connectivity index (χ3v) is 4.92. The Kier molecular flexibility index (Phi) is 7.58. The van der Waals surface area contributed by atoms with Crippen LogP contribution in [-0.2, 0) is 11.3 Å². The number of halogens is 2. The van der Waals surface area contributed by atoms with E-state index in [9.17, 15) is 14.0 Å². The van der Waals surface area contributed by atoms with E-state index in [1.54, 1.807) is 28.5 Å². The molecule has 0 aliphatic rings. The highest BCUT2D eigenvalue weighted by atomic mass is 79.9. The smallest absolute Gasteiger partial charge is 0.252 e.